The maximum Gasteiger partial charge on any atom is 0.402 e. The summed E-state index contributed by atoms with van der Waals surface area (Å²) in [6, 6.07) is 7.18. The molecule has 0 aliphatic heterocycles. The van der Waals surface area contributed by atoms with Crippen LogP contribution >= 0.6 is 0 Å². The maximum atomic E-state index is 12.4. The Balaban J connectivity index is 3.08. The van der Waals surface area contributed by atoms with Crippen molar-refractivity contribution in [1.29, 1.82) is 0 Å². The first kappa shape index (κ1) is 10.8. The van der Waals surface area contributed by atoms with Crippen LogP contribution in [0.5, 0.6) is 0 Å². The molecule has 0 saturated carbocycles. The average molecular weight is 202 g/mol. The molecule has 0 amide bonds. The van der Waals surface area contributed by atoms with E-state index >= 15 is 0 Å². The molecule has 1 atom stereocenters. The minimum absolute atomic E-state index is 0.00694. The van der Waals surface area contributed by atoms with E-state index < -0.39 is 17.9 Å². The molecule has 0 unspecified atom stereocenters. The first-order chi connectivity index (χ1) is 6.43. The van der Waals surface area contributed by atoms with Crippen LogP contribution in [0.4, 0.5) is 13.2 Å². The number of benzene rings is 1. The van der Waals surface area contributed by atoms with Crippen LogP contribution in [0.15, 0.2) is 30.3 Å². The van der Waals surface area contributed by atoms with Gasteiger partial charge in [0.2, 0.25) is 0 Å². The summed E-state index contributed by atoms with van der Waals surface area (Å²) in [6.07, 6.45) is -4.51. The topological polar surface area (TPSA) is 17.1 Å². The monoisotopic (exact) mass is 202 g/mol. The van der Waals surface area contributed by atoms with Gasteiger partial charge in [-0.1, -0.05) is 30.3 Å². The molecule has 0 radical (unpaired) electrons. The number of ketones is 1. The van der Waals surface area contributed by atoms with Gasteiger partial charge in [0.05, 0.1) is 0 Å². The highest BCUT2D eigenvalue weighted by molar-refractivity contribution is 5.84. The van der Waals surface area contributed by atoms with Crippen molar-refractivity contribution in [2.24, 2.45) is 0 Å². The Labute approximate surface area is 79.5 Å². The quantitative estimate of drug-likeness (QED) is 0.720. The normalized spacial score (nSPS) is 13.7. The molecule has 14 heavy (non-hydrogen) atoms. The second-order valence-corrected chi connectivity index (χ2v) is 3.00. The summed E-state index contributed by atoms with van der Waals surface area (Å²) in [5.41, 5.74) is -0.00694. The lowest BCUT2D eigenvalue weighted by molar-refractivity contribution is -0.162. The van der Waals surface area contributed by atoms with Crippen molar-refractivity contribution in [3.8, 4) is 0 Å². The fourth-order valence-corrected chi connectivity index (χ4v) is 1.30. The minimum atomic E-state index is -4.51. The SMILES string of the molecule is CC(=O)[C@@H](c1ccccc1)C(F)(F)F. The number of halogens is 3. The van der Waals surface area contributed by atoms with Gasteiger partial charge in [0.1, 0.15) is 11.7 Å². The third-order valence-electron chi connectivity index (χ3n) is 1.87. The second-order valence-electron chi connectivity index (χ2n) is 3.00. The molecular formula is C10H9F3O. The van der Waals surface area contributed by atoms with E-state index in [4.69, 9.17) is 0 Å². The van der Waals surface area contributed by atoms with Crippen LogP contribution in [0.3, 0.4) is 0 Å². The predicted molar refractivity (Wildman–Crippen MR) is 45.9 cm³/mol. The molecule has 1 rings (SSSR count). The molecule has 0 aliphatic rings. The Kier molecular flexibility index (Phi) is 2.93. The zero-order chi connectivity index (χ0) is 10.8. The van der Waals surface area contributed by atoms with E-state index in [1.54, 1.807) is 6.07 Å². The molecule has 0 spiro atoms. The Morgan fingerprint density at radius 1 is 1.21 bits per heavy atom. The van der Waals surface area contributed by atoms with Gasteiger partial charge in [-0.3, -0.25) is 4.79 Å². The van der Waals surface area contributed by atoms with Gasteiger partial charge in [-0.15, -0.1) is 0 Å². The van der Waals surface area contributed by atoms with Crippen molar-refractivity contribution in [3.63, 3.8) is 0 Å². The Morgan fingerprint density at radius 3 is 2.07 bits per heavy atom. The van der Waals surface area contributed by atoms with Crippen molar-refractivity contribution in [3.05, 3.63) is 35.9 Å². The van der Waals surface area contributed by atoms with E-state index in [0.29, 0.717) is 0 Å². The Bertz CT molecular complexity index is 316. The predicted octanol–water partition coefficient (Wildman–Crippen LogP) is 2.92. The highest BCUT2D eigenvalue weighted by Gasteiger charge is 2.43. The summed E-state index contributed by atoms with van der Waals surface area (Å²) < 4.78 is 37.3. The average Bonchev–Trinajstić information content (AvgIpc) is 2.02. The molecule has 0 aromatic heterocycles. The van der Waals surface area contributed by atoms with Gasteiger partial charge in [0.25, 0.3) is 0 Å². The van der Waals surface area contributed by atoms with Gasteiger partial charge in [0, 0.05) is 0 Å². The van der Waals surface area contributed by atoms with Crippen molar-refractivity contribution >= 4 is 5.78 Å². The van der Waals surface area contributed by atoms with Crippen molar-refractivity contribution in [1.82, 2.24) is 0 Å². The van der Waals surface area contributed by atoms with Crippen molar-refractivity contribution < 1.29 is 18.0 Å². The Hall–Kier alpha value is -1.32. The number of rotatable bonds is 2. The molecule has 0 aliphatic carbocycles. The fraction of sp³-hybridized carbons (Fsp3) is 0.300. The van der Waals surface area contributed by atoms with Crippen LogP contribution in [-0.2, 0) is 4.79 Å². The molecule has 0 heterocycles. The highest BCUT2D eigenvalue weighted by atomic mass is 19.4. The van der Waals surface area contributed by atoms with Gasteiger partial charge >= 0.3 is 6.18 Å². The smallest absolute Gasteiger partial charge is 0.299 e. The van der Waals surface area contributed by atoms with Crippen LogP contribution in [0.1, 0.15) is 18.4 Å². The lowest BCUT2D eigenvalue weighted by Gasteiger charge is -2.17. The lowest BCUT2D eigenvalue weighted by Crippen LogP contribution is -2.26. The highest BCUT2D eigenvalue weighted by Crippen LogP contribution is 2.35. The van der Waals surface area contributed by atoms with Gasteiger partial charge in [-0.25, -0.2) is 0 Å². The van der Waals surface area contributed by atoms with Gasteiger partial charge < -0.3 is 0 Å². The molecule has 0 N–H and O–H groups in total. The van der Waals surface area contributed by atoms with Crippen molar-refractivity contribution in [2.45, 2.75) is 19.0 Å². The van der Waals surface area contributed by atoms with Crippen LogP contribution in [-0.4, -0.2) is 12.0 Å². The number of alkyl halides is 3. The maximum absolute atomic E-state index is 12.4. The fourth-order valence-electron chi connectivity index (χ4n) is 1.30. The van der Waals surface area contributed by atoms with Gasteiger partial charge in [0.15, 0.2) is 0 Å². The summed E-state index contributed by atoms with van der Waals surface area (Å²) in [6.45, 7) is 0.950. The summed E-state index contributed by atoms with van der Waals surface area (Å²) in [5.74, 6) is -2.88. The zero-order valence-corrected chi connectivity index (χ0v) is 7.51. The van der Waals surface area contributed by atoms with Crippen LogP contribution < -0.4 is 0 Å². The van der Waals surface area contributed by atoms with E-state index in [1.165, 1.54) is 24.3 Å². The summed E-state index contributed by atoms with van der Waals surface area (Å²) in [5, 5.41) is 0. The van der Waals surface area contributed by atoms with Crippen LogP contribution in [0, 0.1) is 0 Å². The second kappa shape index (κ2) is 3.82. The number of hydrogen-bond donors (Lipinski definition) is 0. The third kappa shape index (κ3) is 2.34. The molecule has 1 aromatic carbocycles. The van der Waals surface area contributed by atoms with Crippen LogP contribution in [0.25, 0.3) is 0 Å². The van der Waals surface area contributed by atoms with Crippen LogP contribution in [0.2, 0.25) is 0 Å². The molecular weight excluding hydrogens is 193 g/mol. The first-order valence-electron chi connectivity index (χ1n) is 4.05. The summed E-state index contributed by atoms with van der Waals surface area (Å²) in [7, 11) is 0. The van der Waals surface area contributed by atoms with E-state index in [-0.39, 0.29) is 5.56 Å². The summed E-state index contributed by atoms with van der Waals surface area (Å²) >= 11 is 0. The molecule has 1 aromatic rings. The lowest BCUT2D eigenvalue weighted by atomic mass is 9.95. The van der Waals surface area contributed by atoms with E-state index in [2.05, 4.69) is 0 Å². The van der Waals surface area contributed by atoms with E-state index in [1.807, 2.05) is 0 Å². The molecule has 1 nitrogen and oxygen atoms in total. The number of carbonyl (C=O) groups is 1. The van der Waals surface area contributed by atoms with Gasteiger partial charge in [-0.05, 0) is 12.5 Å². The number of carbonyl (C=O) groups excluding carboxylic acids is 1. The molecule has 76 valence electrons. The molecule has 0 fully saturated rings. The molecule has 4 heteroatoms. The van der Waals surface area contributed by atoms with E-state index in [0.717, 1.165) is 6.92 Å². The Morgan fingerprint density at radius 2 is 1.71 bits per heavy atom. The third-order valence-corrected chi connectivity index (χ3v) is 1.87. The molecule has 0 bridgehead atoms. The van der Waals surface area contributed by atoms with E-state index in [9.17, 15) is 18.0 Å². The number of hydrogen-bond acceptors (Lipinski definition) is 1. The minimum Gasteiger partial charge on any atom is -0.299 e. The number of Topliss-reactive ketones (excluding diaryl/α,β-unsaturated/α-hetero) is 1. The molecule has 0 saturated heterocycles. The summed E-state index contributed by atoms with van der Waals surface area (Å²) in [4.78, 5) is 10.9. The zero-order valence-electron chi connectivity index (χ0n) is 7.51. The first-order valence-corrected chi connectivity index (χ1v) is 4.05. The van der Waals surface area contributed by atoms with Gasteiger partial charge in [-0.2, -0.15) is 13.2 Å². The standard InChI is InChI=1S/C10H9F3O/c1-7(14)9(10(11,12)13)8-5-3-2-4-6-8/h2-6,9H,1H3/t9-/m0/s1. The van der Waals surface area contributed by atoms with Crippen molar-refractivity contribution in [2.75, 3.05) is 0 Å². The largest absolute Gasteiger partial charge is 0.402 e.